The number of nitrogens with zero attached hydrogens (tertiary/aromatic N) is 2. The number of halogens is 2. The lowest BCUT2D eigenvalue weighted by atomic mass is 9.77. The SMILES string of the molecule is CC1=CC(C)=NC1/C(=C(C)/C(C)=C\C(C)=N\B(F)F)c1cc(-c2cc(C(C)(C)C)cc(C(C)(C)C)c2)cc(-c2cc(C(C)(C)C)cc(C(C)(C)C)c2)c1. The molecule has 3 aromatic rings. The minimum absolute atomic E-state index is 0.0434. The number of hydrogen-bond acceptors (Lipinski definition) is 2. The zero-order chi connectivity index (χ0) is 40.0. The molecule has 282 valence electrons. The van der Waals surface area contributed by atoms with Crippen molar-refractivity contribution in [1.29, 1.82) is 0 Å². The van der Waals surface area contributed by atoms with Crippen molar-refractivity contribution < 1.29 is 8.63 Å². The Hall–Kier alpha value is -3.86. The van der Waals surface area contributed by atoms with Crippen LogP contribution in [0, 0.1) is 0 Å². The third kappa shape index (κ3) is 10.2. The predicted molar refractivity (Wildman–Crippen MR) is 230 cm³/mol. The summed E-state index contributed by atoms with van der Waals surface area (Å²) < 4.78 is 26.5. The van der Waals surface area contributed by atoms with E-state index >= 15 is 0 Å². The van der Waals surface area contributed by atoms with Gasteiger partial charge in [-0.25, -0.2) is 0 Å². The molecule has 1 heterocycles. The highest BCUT2D eigenvalue weighted by atomic mass is 19.2. The second-order valence-corrected chi connectivity index (χ2v) is 19.4. The molecule has 4 rings (SSSR count). The lowest BCUT2D eigenvalue weighted by Crippen LogP contribution is -2.17. The summed E-state index contributed by atoms with van der Waals surface area (Å²) in [5.41, 5.74) is 16.1. The smallest absolute Gasteiger partial charge is 0.277 e. The average molecular weight is 717 g/mol. The van der Waals surface area contributed by atoms with Gasteiger partial charge in [0.15, 0.2) is 0 Å². The molecule has 0 fully saturated rings. The van der Waals surface area contributed by atoms with Gasteiger partial charge in [-0.15, -0.1) is 0 Å². The first-order valence-electron chi connectivity index (χ1n) is 19.1. The first kappa shape index (κ1) is 41.9. The molecule has 0 N–H and O–H groups in total. The van der Waals surface area contributed by atoms with Crippen molar-refractivity contribution in [3.05, 3.63) is 111 Å². The van der Waals surface area contributed by atoms with Gasteiger partial charge in [0.1, 0.15) is 0 Å². The van der Waals surface area contributed by atoms with Crippen molar-refractivity contribution in [2.45, 2.75) is 145 Å². The van der Waals surface area contributed by atoms with Crippen molar-refractivity contribution in [3.8, 4) is 22.3 Å². The number of allylic oxidation sites excluding steroid dienone is 4. The summed E-state index contributed by atoms with van der Waals surface area (Å²) in [6, 6.07) is 21.0. The molecule has 53 heavy (non-hydrogen) atoms. The van der Waals surface area contributed by atoms with E-state index in [0.29, 0.717) is 5.71 Å². The molecule has 2 nitrogen and oxygen atoms in total. The van der Waals surface area contributed by atoms with Crippen LogP contribution in [-0.4, -0.2) is 24.9 Å². The fourth-order valence-electron chi connectivity index (χ4n) is 6.89. The number of rotatable bonds is 7. The Balaban J connectivity index is 2.21. The standard InChI is InChI=1S/C48H63BF2N2/c1-29(18-32(4)53-49(50)51)33(5)43(44-30(2)19-31(3)52-44)38-21-34(36-23-39(45(6,7)8)27-40(24-36)46(9,10)11)20-35(22-38)37-25-41(47(12,13)14)28-42(26-37)48(15,16)17/h18-28,44H,1-17H3/b29-18-,43-33+,53-32+. The molecular weight excluding hydrogens is 653 g/mol. The van der Waals surface area contributed by atoms with E-state index in [-0.39, 0.29) is 27.7 Å². The van der Waals surface area contributed by atoms with Gasteiger partial charge < -0.3 is 0 Å². The lowest BCUT2D eigenvalue weighted by molar-refractivity contribution is 0.568. The van der Waals surface area contributed by atoms with Gasteiger partial charge in [0, 0.05) is 11.4 Å². The molecular formula is C48H63BF2N2. The first-order valence-corrected chi connectivity index (χ1v) is 19.1. The second kappa shape index (κ2) is 15.1. The van der Waals surface area contributed by atoms with Gasteiger partial charge in [0.2, 0.25) is 0 Å². The van der Waals surface area contributed by atoms with Gasteiger partial charge in [-0.05, 0) is 159 Å². The highest BCUT2D eigenvalue weighted by molar-refractivity contribution is 6.43. The van der Waals surface area contributed by atoms with E-state index in [1.165, 1.54) is 33.4 Å². The van der Waals surface area contributed by atoms with Gasteiger partial charge in [0.25, 0.3) is 0 Å². The topological polar surface area (TPSA) is 24.7 Å². The summed E-state index contributed by atoms with van der Waals surface area (Å²) in [6.07, 6.45) is 3.91. The van der Waals surface area contributed by atoms with Gasteiger partial charge >= 0.3 is 7.40 Å². The van der Waals surface area contributed by atoms with Crippen LogP contribution in [0.4, 0.5) is 8.63 Å². The quantitative estimate of drug-likeness (QED) is 0.132. The van der Waals surface area contributed by atoms with Crippen LogP contribution in [0.15, 0.2) is 93.4 Å². The van der Waals surface area contributed by atoms with Crippen LogP contribution in [0.1, 0.15) is 146 Å². The van der Waals surface area contributed by atoms with Crippen molar-refractivity contribution in [1.82, 2.24) is 0 Å². The van der Waals surface area contributed by atoms with Gasteiger partial charge in [-0.2, -0.15) is 0 Å². The summed E-state index contributed by atoms with van der Waals surface area (Å²) in [4.78, 5) is 8.68. The number of benzene rings is 3. The second-order valence-electron chi connectivity index (χ2n) is 19.4. The van der Waals surface area contributed by atoms with Crippen molar-refractivity contribution >= 4 is 24.4 Å². The summed E-state index contributed by atoms with van der Waals surface area (Å²) in [5.74, 6) is 0. The van der Waals surface area contributed by atoms with E-state index in [1.807, 2.05) is 13.8 Å². The van der Waals surface area contributed by atoms with E-state index in [1.54, 1.807) is 13.0 Å². The molecule has 1 atom stereocenters. The van der Waals surface area contributed by atoms with Gasteiger partial charge in [-0.3, -0.25) is 18.5 Å². The molecule has 0 aromatic heterocycles. The van der Waals surface area contributed by atoms with Gasteiger partial charge in [-0.1, -0.05) is 119 Å². The van der Waals surface area contributed by atoms with E-state index in [2.05, 4.69) is 163 Å². The molecule has 0 saturated carbocycles. The van der Waals surface area contributed by atoms with Crippen LogP contribution in [0.25, 0.3) is 27.8 Å². The van der Waals surface area contributed by atoms with Crippen molar-refractivity contribution in [3.63, 3.8) is 0 Å². The molecule has 0 spiro atoms. The fourth-order valence-corrected chi connectivity index (χ4v) is 6.89. The third-order valence-corrected chi connectivity index (χ3v) is 10.4. The number of hydrogen-bond donors (Lipinski definition) is 0. The normalized spacial score (nSPS) is 16.8. The zero-order valence-electron chi connectivity index (χ0n) is 35.7. The number of aliphatic imine (C=N–C) groups is 1. The molecule has 1 aliphatic rings. The van der Waals surface area contributed by atoms with E-state index < -0.39 is 7.40 Å². The van der Waals surface area contributed by atoms with Crippen LogP contribution < -0.4 is 0 Å². The van der Waals surface area contributed by atoms with E-state index in [9.17, 15) is 8.63 Å². The zero-order valence-corrected chi connectivity index (χ0v) is 35.7. The highest BCUT2D eigenvalue weighted by Crippen LogP contribution is 2.42. The molecule has 5 heteroatoms. The maximum absolute atomic E-state index is 13.3. The molecule has 0 aliphatic carbocycles. The summed E-state index contributed by atoms with van der Waals surface area (Å²) in [6.45, 7) is 37.2. The Kier molecular flexibility index (Phi) is 11.9. The Morgan fingerprint density at radius 2 is 0.981 bits per heavy atom. The van der Waals surface area contributed by atoms with E-state index in [4.69, 9.17) is 4.99 Å². The van der Waals surface area contributed by atoms with Crippen LogP contribution >= 0.6 is 0 Å². The fraction of sp³-hybridized carbons (Fsp3) is 0.458. The average Bonchev–Trinajstić information content (AvgIpc) is 3.35. The summed E-state index contributed by atoms with van der Waals surface area (Å²) in [7, 11) is -2.75. The lowest BCUT2D eigenvalue weighted by Gasteiger charge is -2.28. The Labute approximate surface area is 320 Å². The van der Waals surface area contributed by atoms with Crippen LogP contribution in [-0.2, 0) is 21.7 Å². The summed E-state index contributed by atoms with van der Waals surface area (Å²) in [5, 5.41) is 0. The van der Waals surface area contributed by atoms with Crippen LogP contribution in [0.3, 0.4) is 0 Å². The molecule has 1 aliphatic heterocycles. The molecule has 0 amide bonds. The maximum atomic E-state index is 13.3. The maximum Gasteiger partial charge on any atom is 0.692 e. The third-order valence-electron chi connectivity index (χ3n) is 10.4. The van der Waals surface area contributed by atoms with E-state index in [0.717, 1.165) is 44.7 Å². The molecule has 3 aromatic carbocycles. The minimum Gasteiger partial charge on any atom is -0.277 e. The van der Waals surface area contributed by atoms with Crippen molar-refractivity contribution in [2.75, 3.05) is 0 Å². The molecule has 1 unspecified atom stereocenters. The highest BCUT2D eigenvalue weighted by Gasteiger charge is 2.27. The Morgan fingerprint density at radius 3 is 1.30 bits per heavy atom. The monoisotopic (exact) mass is 717 g/mol. The molecule has 0 saturated heterocycles. The summed E-state index contributed by atoms with van der Waals surface area (Å²) >= 11 is 0. The van der Waals surface area contributed by atoms with Gasteiger partial charge in [0.05, 0.1) is 6.04 Å². The largest absolute Gasteiger partial charge is 0.692 e. The predicted octanol–water partition coefficient (Wildman–Crippen LogP) is 14.1. The van der Waals surface area contributed by atoms with Crippen LogP contribution in [0.5, 0.6) is 0 Å². The Bertz CT molecular complexity index is 1870. The first-order chi connectivity index (χ1) is 24.1. The van der Waals surface area contributed by atoms with Crippen molar-refractivity contribution in [2.24, 2.45) is 9.90 Å². The molecule has 0 bridgehead atoms. The minimum atomic E-state index is -2.75. The Morgan fingerprint density at radius 1 is 0.604 bits per heavy atom. The van der Waals surface area contributed by atoms with Crippen LogP contribution in [0.2, 0.25) is 0 Å². The molecule has 0 radical (unpaired) electrons.